The standard InChI is InChI=1S/C35H37BrN8O5S/c1-20-12-24(25-16-37-22(3)38-17-25)13-26-31(21(2)45)41-43(32(20)26)18-30(46)44-27-14-35(15-28(35)44)10-6-5-7-11-42(4)50(48,49)19-23-8-9-29(36)39-33(23)40-34(27)47/h6,8-10,12-13,16-17,27-28H,5,7,11,14-15,18-19H2,1-4H3,(H,39,40,47)/t27-,28+,35-/m0/s1. The first-order valence-electron chi connectivity index (χ1n) is 16.5. The van der Waals surface area contributed by atoms with Crippen LogP contribution in [-0.2, 0) is 31.9 Å². The van der Waals surface area contributed by atoms with Crippen molar-refractivity contribution in [1.82, 2.24) is 33.9 Å². The molecule has 5 heterocycles. The molecule has 50 heavy (non-hydrogen) atoms. The molecular formula is C35H37BrN8O5S. The normalized spacial score (nSPS) is 23.5. The van der Waals surface area contributed by atoms with Gasteiger partial charge >= 0.3 is 0 Å². The van der Waals surface area contributed by atoms with Gasteiger partial charge in [-0.3, -0.25) is 19.1 Å². The fourth-order valence-electron chi connectivity index (χ4n) is 7.29. The second-order valence-electron chi connectivity index (χ2n) is 13.5. The van der Waals surface area contributed by atoms with E-state index in [1.54, 1.807) is 41.2 Å². The number of allylic oxidation sites excluding steroid dienone is 1. The third kappa shape index (κ3) is 6.26. The van der Waals surface area contributed by atoms with Gasteiger partial charge in [-0.2, -0.15) is 5.10 Å². The molecule has 4 aromatic rings. The van der Waals surface area contributed by atoms with E-state index < -0.39 is 22.0 Å². The molecule has 1 N–H and O–H groups in total. The lowest BCUT2D eigenvalue weighted by molar-refractivity contribution is -0.138. The number of carbonyl (C=O) groups excluding carboxylic acids is 3. The number of aryl methyl sites for hydroxylation is 2. The fraction of sp³-hybridized carbons (Fsp3) is 0.400. The van der Waals surface area contributed by atoms with Gasteiger partial charge in [0.15, 0.2) is 5.78 Å². The number of piperidine rings is 1. The molecule has 1 aromatic carbocycles. The van der Waals surface area contributed by atoms with Crippen LogP contribution < -0.4 is 5.32 Å². The lowest BCUT2D eigenvalue weighted by Crippen LogP contribution is -2.47. The number of benzene rings is 1. The van der Waals surface area contributed by atoms with Crippen molar-refractivity contribution in [2.75, 3.05) is 18.9 Å². The zero-order valence-corrected chi connectivity index (χ0v) is 30.6. The van der Waals surface area contributed by atoms with Gasteiger partial charge in [-0.15, -0.1) is 0 Å². The molecule has 2 amide bonds. The molecule has 2 aliphatic heterocycles. The van der Waals surface area contributed by atoms with E-state index in [0.29, 0.717) is 59.1 Å². The van der Waals surface area contributed by atoms with E-state index in [1.165, 1.54) is 11.2 Å². The van der Waals surface area contributed by atoms with Crippen LogP contribution in [0.5, 0.6) is 0 Å². The van der Waals surface area contributed by atoms with E-state index in [9.17, 15) is 22.8 Å². The van der Waals surface area contributed by atoms with Gasteiger partial charge < -0.3 is 10.2 Å². The van der Waals surface area contributed by atoms with Crippen molar-refractivity contribution in [2.24, 2.45) is 5.41 Å². The minimum absolute atomic E-state index is 0.128. The van der Waals surface area contributed by atoms with Gasteiger partial charge in [-0.1, -0.05) is 18.2 Å². The van der Waals surface area contributed by atoms with Crippen molar-refractivity contribution < 1.29 is 22.8 Å². The molecular weight excluding hydrogens is 724 g/mol. The number of pyridine rings is 1. The van der Waals surface area contributed by atoms with Crippen molar-refractivity contribution in [3.05, 3.63) is 76.1 Å². The van der Waals surface area contributed by atoms with Gasteiger partial charge in [0.05, 0.1) is 11.3 Å². The average Bonchev–Trinajstić information content (AvgIpc) is 3.46. The predicted molar refractivity (Wildman–Crippen MR) is 191 cm³/mol. The summed E-state index contributed by atoms with van der Waals surface area (Å²) < 4.78 is 29.7. The van der Waals surface area contributed by atoms with Crippen LogP contribution >= 0.6 is 15.9 Å². The molecule has 3 aromatic heterocycles. The molecule has 1 saturated heterocycles. The van der Waals surface area contributed by atoms with Crippen LogP contribution in [0.4, 0.5) is 5.82 Å². The summed E-state index contributed by atoms with van der Waals surface area (Å²) in [7, 11) is -2.12. The molecule has 1 spiro atoms. The molecule has 7 rings (SSSR count). The number of nitrogens with one attached hydrogen (secondary N) is 1. The number of hydrogen-bond donors (Lipinski definition) is 1. The number of rotatable bonds is 4. The largest absolute Gasteiger partial charge is 0.325 e. The van der Waals surface area contributed by atoms with E-state index in [4.69, 9.17) is 0 Å². The van der Waals surface area contributed by atoms with Gasteiger partial charge in [-0.05, 0) is 84.8 Å². The molecule has 2 fully saturated rings. The Kier molecular flexibility index (Phi) is 8.71. The second kappa shape index (κ2) is 12.8. The molecule has 3 aliphatic rings. The minimum Gasteiger partial charge on any atom is -0.325 e. The lowest BCUT2D eigenvalue weighted by atomic mass is 9.98. The Labute approximate surface area is 298 Å². The smallest absolute Gasteiger partial charge is 0.248 e. The molecule has 1 saturated carbocycles. The van der Waals surface area contributed by atoms with Crippen molar-refractivity contribution in [3.8, 4) is 11.1 Å². The summed E-state index contributed by atoms with van der Waals surface area (Å²) in [6.07, 6.45) is 10.0. The molecule has 0 unspecified atom stereocenters. The Morgan fingerprint density at radius 1 is 1.10 bits per heavy atom. The number of aromatic nitrogens is 5. The highest BCUT2D eigenvalue weighted by atomic mass is 79.9. The fourth-order valence-corrected chi connectivity index (χ4v) is 8.85. The summed E-state index contributed by atoms with van der Waals surface area (Å²) in [5.74, 6) is -0.538. The Morgan fingerprint density at radius 2 is 1.86 bits per heavy atom. The highest BCUT2D eigenvalue weighted by Crippen LogP contribution is 2.61. The molecule has 13 nitrogen and oxygen atoms in total. The van der Waals surface area contributed by atoms with Crippen LogP contribution in [0.15, 0.2) is 53.4 Å². The number of carbonyl (C=O) groups is 3. The van der Waals surface area contributed by atoms with E-state index in [-0.39, 0.29) is 47.0 Å². The van der Waals surface area contributed by atoms with E-state index in [1.807, 2.05) is 32.1 Å². The third-order valence-electron chi connectivity index (χ3n) is 9.97. The number of Topliss-reactive ketones (excluding diaryl/α,β-unsaturated/α-hetero) is 1. The van der Waals surface area contributed by atoms with Crippen molar-refractivity contribution >= 4 is 60.3 Å². The van der Waals surface area contributed by atoms with Crippen LogP contribution in [0, 0.1) is 19.3 Å². The van der Waals surface area contributed by atoms with Crippen LogP contribution in [0.3, 0.4) is 0 Å². The number of likely N-dealkylation sites (tertiary alicyclic amines) is 1. The van der Waals surface area contributed by atoms with E-state index >= 15 is 0 Å². The lowest BCUT2D eigenvalue weighted by Gasteiger charge is -2.27. The van der Waals surface area contributed by atoms with Crippen LogP contribution in [0.1, 0.15) is 60.0 Å². The second-order valence-corrected chi connectivity index (χ2v) is 16.4. The first-order valence-corrected chi connectivity index (χ1v) is 18.9. The summed E-state index contributed by atoms with van der Waals surface area (Å²) in [5, 5.41) is 8.11. The first kappa shape index (κ1) is 34.1. The number of halogens is 1. The maximum Gasteiger partial charge on any atom is 0.248 e. The van der Waals surface area contributed by atoms with Gasteiger partial charge in [0.25, 0.3) is 0 Å². The summed E-state index contributed by atoms with van der Waals surface area (Å²) in [6, 6.07) is 6.09. The van der Waals surface area contributed by atoms with Crippen LogP contribution in [0.25, 0.3) is 22.0 Å². The topological polar surface area (TPSA) is 160 Å². The van der Waals surface area contributed by atoms with Gasteiger partial charge in [-0.25, -0.2) is 27.7 Å². The Hall–Kier alpha value is -4.34. The number of ketones is 1. The zero-order valence-electron chi connectivity index (χ0n) is 28.2. The quantitative estimate of drug-likeness (QED) is 0.178. The van der Waals surface area contributed by atoms with Crippen molar-refractivity contribution in [1.29, 1.82) is 0 Å². The minimum atomic E-state index is -3.68. The summed E-state index contributed by atoms with van der Waals surface area (Å²) in [4.78, 5) is 55.9. The predicted octanol–water partition coefficient (Wildman–Crippen LogP) is 4.58. The number of amides is 2. The molecule has 0 radical (unpaired) electrons. The number of nitrogens with zero attached hydrogens (tertiary/aromatic N) is 7. The Morgan fingerprint density at radius 3 is 2.60 bits per heavy atom. The van der Waals surface area contributed by atoms with Gasteiger partial charge in [0.1, 0.15) is 34.5 Å². The van der Waals surface area contributed by atoms with Gasteiger partial charge in [0.2, 0.25) is 21.8 Å². The average molecular weight is 762 g/mol. The maximum absolute atomic E-state index is 14.4. The van der Waals surface area contributed by atoms with E-state index in [2.05, 4.69) is 47.4 Å². The first-order chi connectivity index (χ1) is 23.8. The number of fused-ring (bicyclic) bond motifs is 3. The maximum atomic E-state index is 14.4. The zero-order chi connectivity index (χ0) is 35.5. The Balaban J connectivity index is 1.24. The van der Waals surface area contributed by atoms with Crippen LogP contribution in [-0.4, -0.2) is 85.6 Å². The number of hydrogen-bond acceptors (Lipinski definition) is 9. The SMILES string of the molecule is CC(=O)c1nn(CC(=O)N2[C@H]3C[C@@]4(C=CCCCN(C)S(=O)(=O)Cc5ccc(Br)nc5NC3=O)C[C@@H]24)c2c(C)cc(-c3cnc(C)nc3)cc12. The molecule has 2 bridgehead atoms. The molecule has 260 valence electrons. The van der Waals surface area contributed by atoms with E-state index in [0.717, 1.165) is 16.7 Å². The molecule has 3 atom stereocenters. The number of sulfonamides is 1. The number of anilines is 1. The summed E-state index contributed by atoms with van der Waals surface area (Å²) in [5.41, 5.74) is 3.34. The molecule has 15 heteroatoms. The highest BCUT2D eigenvalue weighted by Gasteiger charge is 2.65. The highest BCUT2D eigenvalue weighted by molar-refractivity contribution is 9.10. The molecule has 1 aliphatic carbocycles. The Bertz CT molecular complexity index is 2200. The monoisotopic (exact) mass is 760 g/mol. The van der Waals surface area contributed by atoms with Gasteiger partial charge in [0, 0.05) is 60.9 Å². The summed E-state index contributed by atoms with van der Waals surface area (Å²) >= 11 is 3.34. The van der Waals surface area contributed by atoms with Crippen LogP contribution in [0.2, 0.25) is 0 Å². The third-order valence-corrected chi connectivity index (χ3v) is 12.2. The summed E-state index contributed by atoms with van der Waals surface area (Å²) in [6.45, 7) is 5.34. The van der Waals surface area contributed by atoms with Crippen molar-refractivity contribution in [2.45, 2.75) is 70.8 Å². The van der Waals surface area contributed by atoms with Crippen molar-refractivity contribution in [3.63, 3.8) is 0 Å².